The van der Waals surface area contributed by atoms with E-state index in [4.69, 9.17) is 31.8 Å². The van der Waals surface area contributed by atoms with Gasteiger partial charge in [0, 0.05) is 0 Å². The second-order valence-electron chi connectivity index (χ2n) is 0.816. The van der Waals surface area contributed by atoms with Gasteiger partial charge in [-0.2, -0.15) is 0 Å². The van der Waals surface area contributed by atoms with Crippen LogP contribution in [0.2, 0.25) is 0 Å². The summed E-state index contributed by atoms with van der Waals surface area (Å²) in [4.78, 5) is 0. The molecule has 0 aliphatic rings. The third-order valence-corrected chi connectivity index (χ3v) is 0. The van der Waals surface area contributed by atoms with Crippen LogP contribution in [0.15, 0.2) is 0 Å². The Bertz CT molecular complexity index is 213. The number of hydrogen-bond donors (Lipinski definition) is 0. The van der Waals surface area contributed by atoms with Crippen LogP contribution >= 0.6 is 0 Å². The molecule has 8 nitrogen and oxygen atoms in total. The zero-order chi connectivity index (χ0) is 9.00. The Kier molecular flexibility index (Phi) is 16.8. The third kappa shape index (κ3) is 893. The fourth-order valence-corrected chi connectivity index (χ4v) is 0. The summed E-state index contributed by atoms with van der Waals surface area (Å²) in [6.07, 6.45) is 0. The van der Waals surface area contributed by atoms with Crippen molar-refractivity contribution in [2.75, 3.05) is 0 Å². The van der Waals surface area contributed by atoms with Gasteiger partial charge in [0.1, 0.15) is 0 Å². The third-order valence-electron chi connectivity index (χ3n) is 0. The molecule has 0 saturated carbocycles. The minimum absolute atomic E-state index is 0. The van der Waals surface area contributed by atoms with E-state index in [9.17, 15) is 0 Å². The van der Waals surface area contributed by atoms with Crippen molar-refractivity contribution in [3.8, 4) is 0 Å². The molecule has 0 unspecified atom stereocenters. The molecule has 12 heteroatoms. The Morgan fingerprint density at radius 1 is 0.667 bits per heavy atom. The molecule has 0 aromatic rings. The maximum absolute atomic E-state index is 8.59. The summed E-state index contributed by atoms with van der Waals surface area (Å²) in [5.41, 5.74) is 0. The van der Waals surface area contributed by atoms with Crippen molar-refractivity contribution in [3.05, 3.63) is 0 Å². The van der Waals surface area contributed by atoms with Crippen LogP contribution in [0.4, 0.5) is 0 Å². The van der Waals surface area contributed by atoms with E-state index in [2.05, 4.69) is 0 Å². The molecule has 80 valence electrons. The summed E-state index contributed by atoms with van der Waals surface area (Å²) in [6, 6.07) is 0. The van der Waals surface area contributed by atoms with Crippen LogP contribution in [0, 0.1) is 0 Å². The molecule has 0 rings (SSSR count). The fraction of sp³-hybridized carbons (Fsp3) is 0. The van der Waals surface area contributed by atoms with Crippen molar-refractivity contribution in [1.82, 2.24) is 0 Å². The maximum atomic E-state index is 8.59. The van der Waals surface area contributed by atoms with E-state index in [0.717, 1.165) is 0 Å². The van der Waals surface area contributed by atoms with Crippen LogP contribution in [0.3, 0.4) is 0 Å². The van der Waals surface area contributed by atoms with Gasteiger partial charge in [-0.05, 0) is 0 Å². The molecular weight excluding hydrogens is 354 g/mol. The predicted molar refractivity (Wildman–Crippen MR) is 2.75 cm³/mol. The zero-order valence-corrected chi connectivity index (χ0v) is 9.25. The Labute approximate surface area is 92.4 Å². The molecule has 0 aliphatic carbocycles. The van der Waals surface area contributed by atoms with E-state index in [1.54, 1.807) is 0 Å². The minimum atomic E-state index is -5.75. The first-order chi connectivity index (χ1) is 4.00. The quantitative estimate of drug-likeness (QED) is 0.390. The standard InChI is InChI=1S/Co.2Cr.Cu.8O/q+2;;;+2;;;;;4*-1. The summed E-state index contributed by atoms with van der Waals surface area (Å²) < 4.78 is 68.8. The molecule has 12 heavy (non-hydrogen) atoms. The first-order valence-electron chi connectivity index (χ1n) is 1.33. The van der Waals surface area contributed by atoms with E-state index >= 15 is 0 Å². The van der Waals surface area contributed by atoms with Crippen LogP contribution in [0.5, 0.6) is 0 Å². The zero-order valence-electron chi connectivity index (χ0n) is 4.72. The van der Waals surface area contributed by atoms with Crippen molar-refractivity contribution in [2.24, 2.45) is 0 Å². The van der Waals surface area contributed by atoms with Gasteiger partial charge in [-0.3, -0.25) is 0 Å². The van der Waals surface area contributed by atoms with Crippen molar-refractivity contribution in [3.63, 3.8) is 0 Å². The molecule has 2 radical (unpaired) electrons. The summed E-state index contributed by atoms with van der Waals surface area (Å²) in [5, 5.41) is 0. The Balaban J connectivity index is -0.0000000457. The van der Waals surface area contributed by atoms with Gasteiger partial charge in [-0.25, -0.2) is 0 Å². The van der Waals surface area contributed by atoms with E-state index < -0.39 is 27.2 Å². The Hall–Kier alpha value is 1.13. The van der Waals surface area contributed by atoms with Crippen molar-refractivity contribution >= 4 is 0 Å². The molecule has 0 aromatic carbocycles. The fourth-order valence-electron chi connectivity index (χ4n) is 0. The number of hydrogen-bond acceptors (Lipinski definition) is 8. The van der Waals surface area contributed by atoms with Crippen LogP contribution in [0.25, 0.3) is 0 Å². The number of rotatable bonds is 0. The molecule has 0 fully saturated rings. The molecule has 0 aromatic heterocycles. The van der Waals surface area contributed by atoms with E-state index in [1.807, 2.05) is 0 Å². The van der Waals surface area contributed by atoms with Gasteiger partial charge >= 0.3 is 92.9 Å². The van der Waals surface area contributed by atoms with Crippen LogP contribution in [0.1, 0.15) is 0 Å². The van der Waals surface area contributed by atoms with Crippen LogP contribution in [-0.2, 0) is 76.3 Å². The van der Waals surface area contributed by atoms with E-state index in [-0.39, 0.29) is 33.8 Å². The Morgan fingerprint density at radius 2 is 0.667 bits per heavy atom. The van der Waals surface area contributed by atoms with E-state index in [1.165, 1.54) is 0 Å². The molecule has 0 saturated heterocycles. The monoisotopic (exact) mass is 354 g/mol. The molecule has 0 amide bonds. The van der Waals surface area contributed by atoms with Crippen LogP contribution in [-0.4, -0.2) is 0 Å². The first kappa shape index (κ1) is 23.2. The van der Waals surface area contributed by atoms with Gasteiger partial charge in [0.15, 0.2) is 0 Å². The van der Waals surface area contributed by atoms with Crippen molar-refractivity contribution in [1.29, 1.82) is 0 Å². The first-order valence-corrected chi connectivity index (χ1v) is 5.50. The molecule has 0 aliphatic heterocycles. The molecule has 0 atom stereocenters. The van der Waals surface area contributed by atoms with Crippen molar-refractivity contribution in [2.45, 2.75) is 0 Å². The predicted octanol–water partition coefficient (Wildman–Crippen LogP) is -5.24. The summed E-state index contributed by atoms with van der Waals surface area (Å²) >= 11 is -11.5. The van der Waals surface area contributed by atoms with Gasteiger partial charge in [0.25, 0.3) is 0 Å². The normalized spacial score (nSPS) is 9.67. The van der Waals surface area contributed by atoms with Gasteiger partial charge in [-0.1, -0.05) is 0 Å². The SMILES string of the molecule is [Co+2].[Cu+2].[O]=[Cr](=[O])([O-])[O-].[O]=[Cr](=[O])([O-])[O-]. The van der Waals surface area contributed by atoms with Gasteiger partial charge < -0.3 is 0 Å². The van der Waals surface area contributed by atoms with E-state index in [0.29, 0.717) is 0 Å². The molecule has 0 heterocycles. The second-order valence-corrected chi connectivity index (χ2v) is 3.37. The average Bonchev–Trinajstić information content (AvgIpc) is 1.12. The summed E-state index contributed by atoms with van der Waals surface area (Å²) in [6.45, 7) is 0. The second kappa shape index (κ2) is 8.72. The topological polar surface area (TPSA) is 161 Å². The van der Waals surface area contributed by atoms with Gasteiger partial charge in [-0.15, -0.1) is 0 Å². The molecule has 0 bridgehead atoms. The van der Waals surface area contributed by atoms with Crippen molar-refractivity contribution < 1.29 is 92.9 Å². The van der Waals surface area contributed by atoms with Gasteiger partial charge in [0.2, 0.25) is 0 Å². The summed E-state index contributed by atoms with van der Waals surface area (Å²) in [5.74, 6) is 0. The molecule has 0 N–H and O–H groups in total. The molecule has 0 spiro atoms. The Morgan fingerprint density at radius 3 is 0.667 bits per heavy atom. The summed E-state index contributed by atoms with van der Waals surface area (Å²) in [7, 11) is 0. The molecular formula is CoCr2CuO8. The van der Waals surface area contributed by atoms with Crippen LogP contribution < -0.4 is 16.6 Å². The van der Waals surface area contributed by atoms with Gasteiger partial charge in [0.05, 0.1) is 0 Å². The average molecular weight is 354 g/mol.